The largest absolute Gasteiger partial charge is 0.481 e. The van der Waals surface area contributed by atoms with Crippen LogP contribution in [0.25, 0.3) is 0 Å². The SMILES string of the molecule is CC(C)(C)CC(CC(=O)O)Nc1ncc(Cl)cc1[N+](=O)[O-]. The topological polar surface area (TPSA) is 105 Å². The van der Waals surface area contributed by atoms with Gasteiger partial charge in [0.15, 0.2) is 0 Å². The summed E-state index contributed by atoms with van der Waals surface area (Å²) < 4.78 is 0. The summed E-state index contributed by atoms with van der Waals surface area (Å²) in [7, 11) is 0. The Balaban J connectivity index is 3.02. The Kier molecular flexibility index (Phi) is 5.48. The first-order valence-corrected chi connectivity index (χ1v) is 6.74. The fourth-order valence-corrected chi connectivity index (χ4v) is 2.15. The Labute approximate surface area is 127 Å². The Morgan fingerprint density at radius 3 is 2.67 bits per heavy atom. The molecule has 0 saturated heterocycles. The lowest BCUT2D eigenvalue weighted by Gasteiger charge is -2.26. The quantitative estimate of drug-likeness (QED) is 0.616. The first-order valence-electron chi connectivity index (χ1n) is 6.37. The van der Waals surface area contributed by atoms with Gasteiger partial charge >= 0.3 is 11.7 Å². The molecule has 1 unspecified atom stereocenters. The molecule has 0 spiro atoms. The van der Waals surface area contributed by atoms with Gasteiger partial charge < -0.3 is 10.4 Å². The maximum Gasteiger partial charge on any atom is 0.312 e. The van der Waals surface area contributed by atoms with E-state index < -0.39 is 16.9 Å². The van der Waals surface area contributed by atoms with Gasteiger partial charge in [-0.1, -0.05) is 32.4 Å². The summed E-state index contributed by atoms with van der Waals surface area (Å²) in [5.41, 5.74) is -0.402. The number of halogens is 1. The number of nitro groups is 1. The Hall–Kier alpha value is -1.89. The highest BCUT2D eigenvalue weighted by Gasteiger charge is 2.25. The summed E-state index contributed by atoms with van der Waals surface area (Å²) >= 11 is 5.70. The number of pyridine rings is 1. The molecule has 1 heterocycles. The standard InChI is InChI=1S/C13H18ClN3O4/c1-13(2,3)6-9(5-11(18)19)16-12-10(17(20)21)4-8(14)7-15-12/h4,7,9H,5-6H2,1-3H3,(H,15,16)(H,18,19). The van der Waals surface area contributed by atoms with Gasteiger partial charge in [-0.25, -0.2) is 4.98 Å². The van der Waals surface area contributed by atoms with Crippen LogP contribution in [0.5, 0.6) is 0 Å². The Morgan fingerprint density at radius 2 is 2.19 bits per heavy atom. The molecule has 116 valence electrons. The van der Waals surface area contributed by atoms with Gasteiger partial charge in [0.1, 0.15) is 0 Å². The fraction of sp³-hybridized carbons (Fsp3) is 0.538. The maximum absolute atomic E-state index is 11.0. The highest BCUT2D eigenvalue weighted by atomic mass is 35.5. The van der Waals surface area contributed by atoms with Crippen LogP contribution in [-0.4, -0.2) is 27.0 Å². The second-order valence-electron chi connectivity index (χ2n) is 5.98. The predicted octanol–water partition coefficient (Wildman–Crippen LogP) is 3.33. The Bertz CT molecular complexity index is 543. The lowest BCUT2D eigenvalue weighted by atomic mass is 9.87. The molecule has 0 aliphatic rings. The van der Waals surface area contributed by atoms with E-state index >= 15 is 0 Å². The third kappa shape index (κ3) is 5.95. The molecular formula is C13H18ClN3O4. The van der Waals surface area contributed by atoms with Crippen molar-refractivity contribution >= 4 is 29.1 Å². The van der Waals surface area contributed by atoms with E-state index in [4.69, 9.17) is 16.7 Å². The van der Waals surface area contributed by atoms with Crippen molar-refractivity contribution in [3.8, 4) is 0 Å². The van der Waals surface area contributed by atoms with Crippen molar-refractivity contribution in [1.29, 1.82) is 0 Å². The summed E-state index contributed by atoms with van der Waals surface area (Å²) in [6.45, 7) is 5.90. The van der Waals surface area contributed by atoms with Crippen molar-refractivity contribution in [2.24, 2.45) is 5.41 Å². The van der Waals surface area contributed by atoms with Gasteiger partial charge in [0.2, 0.25) is 5.82 Å². The van der Waals surface area contributed by atoms with E-state index in [0.717, 1.165) is 0 Å². The highest BCUT2D eigenvalue weighted by molar-refractivity contribution is 6.30. The summed E-state index contributed by atoms with van der Waals surface area (Å²) in [6.07, 6.45) is 1.66. The summed E-state index contributed by atoms with van der Waals surface area (Å²) in [4.78, 5) is 25.3. The second kappa shape index (κ2) is 6.71. The fourth-order valence-electron chi connectivity index (χ4n) is 2.00. The van der Waals surface area contributed by atoms with Crippen LogP contribution in [0.15, 0.2) is 12.3 Å². The third-order valence-corrected chi connectivity index (χ3v) is 2.86. The van der Waals surface area contributed by atoms with Crippen LogP contribution in [0, 0.1) is 15.5 Å². The lowest BCUT2D eigenvalue weighted by molar-refractivity contribution is -0.384. The molecule has 0 radical (unpaired) electrons. The number of carbonyl (C=O) groups is 1. The van der Waals surface area contributed by atoms with Crippen LogP contribution >= 0.6 is 11.6 Å². The van der Waals surface area contributed by atoms with E-state index in [1.165, 1.54) is 12.3 Å². The first kappa shape index (κ1) is 17.2. The number of aliphatic carboxylic acids is 1. The van der Waals surface area contributed by atoms with Crippen LogP contribution < -0.4 is 5.32 Å². The molecule has 0 amide bonds. The van der Waals surface area contributed by atoms with Crippen LogP contribution in [-0.2, 0) is 4.79 Å². The number of nitrogens with zero attached hydrogens (tertiary/aromatic N) is 2. The zero-order chi connectivity index (χ0) is 16.2. The average Bonchev–Trinajstić information content (AvgIpc) is 2.28. The zero-order valence-electron chi connectivity index (χ0n) is 12.1. The molecule has 7 nitrogen and oxygen atoms in total. The molecule has 1 aromatic rings. The average molecular weight is 316 g/mol. The van der Waals surface area contributed by atoms with E-state index in [1.807, 2.05) is 20.8 Å². The highest BCUT2D eigenvalue weighted by Crippen LogP contribution is 2.29. The van der Waals surface area contributed by atoms with Crippen LogP contribution in [0.1, 0.15) is 33.6 Å². The smallest absolute Gasteiger partial charge is 0.312 e. The van der Waals surface area contributed by atoms with Crippen molar-refractivity contribution in [3.63, 3.8) is 0 Å². The number of carboxylic acids is 1. The number of nitrogens with one attached hydrogen (secondary N) is 1. The third-order valence-electron chi connectivity index (χ3n) is 2.65. The minimum absolute atomic E-state index is 0.0277. The molecule has 0 aliphatic carbocycles. The number of rotatable bonds is 6. The van der Waals surface area contributed by atoms with E-state index in [-0.39, 0.29) is 28.4 Å². The molecule has 21 heavy (non-hydrogen) atoms. The van der Waals surface area contributed by atoms with E-state index in [2.05, 4.69) is 10.3 Å². The van der Waals surface area contributed by atoms with Crippen molar-refractivity contribution in [1.82, 2.24) is 4.98 Å². The summed E-state index contributed by atoms with van der Waals surface area (Å²) in [5.74, 6) is -0.951. The maximum atomic E-state index is 11.0. The molecule has 0 aliphatic heterocycles. The van der Waals surface area contributed by atoms with Crippen molar-refractivity contribution in [2.75, 3.05) is 5.32 Å². The van der Waals surface area contributed by atoms with Crippen LogP contribution in [0.2, 0.25) is 5.02 Å². The van der Waals surface area contributed by atoms with Gasteiger partial charge in [-0.2, -0.15) is 0 Å². The molecule has 0 fully saturated rings. The van der Waals surface area contributed by atoms with Gasteiger partial charge in [0.25, 0.3) is 0 Å². The molecule has 8 heteroatoms. The molecule has 2 N–H and O–H groups in total. The van der Waals surface area contributed by atoms with Gasteiger partial charge in [-0.05, 0) is 11.8 Å². The normalized spacial score (nSPS) is 12.8. The second-order valence-corrected chi connectivity index (χ2v) is 6.42. The van der Waals surface area contributed by atoms with Crippen molar-refractivity contribution < 1.29 is 14.8 Å². The van der Waals surface area contributed by atoms with Gasteiger partial charge in [0, 0.05) is 18.3 Å². The van der Waals surface area contributed by atoms with Crippen molar-refractivity contribution in [3.05, 3.63) is 27.4 Å². The molecular weight excluding hydrogens is 298 g/mol. The lowest BCUT2D eigenvalue weighted by Crippen LogP contribution is -2.29. The molecule has 0 aromatic carbocycles. The molecule has 1 rings (SSSR count). The predicted molar refractivity (Wildman–Crippen MR) is 79.6 cm³/mol. The van der Waals surface area contributed by atoms with Crippen LogP contribution in [0.4, 0.5) is 11.5 Å². The monoisotopic (exact) mass is 315 g/mol. The van der Waals surface area contributed by atoms with Gasteiger partial charge in [0.05, 0.1) is 16.4 Å². The first-order chi connectivity index (χ1) is 9.58. The minimum atomic E-state index is -0.978. The molecule has 0 saturated carbocycles. The van der Waals surface area contributed by atoms with E-state index in [9.17, 15) is 14.9 Å². The minimum Gasteiger partial charge on any atom is -0.481 e. The number of hydrogen-bond acceptors (Lipinski definition) is 5. The van der Waals surface area contributed by atoms with Crippen molar-refractivity contribution in [2.45, 2.75) is 39.7 Å². The number of anilines is 1. The number of aromatic nitrogens is 1. The Morgan fingerprint density at radius 1 is 1.57 bits per heavy atom. The van der Waals surface area contributed by atoms with Gasteiger partial charge in [-0.3, -0.25) is 14.9 Å². The van der Waals surface area contributed by atoms with E-state index in [1.54, 1.807) is 0 Å². The molecule has 0 bridgehead atoms. The van der Waals surface area contributed by atoms with Gasteiger partial charge in [-0.15, -0.1) is 0 Å². The van der Waals surface area contributed by atoms with E-state index in [0.29, 0.717) is 6.42 Å². The molecule has 1 aromatic heterocycles. The number of carboxylic acid groups (broad SMARTS) is 1. The molecule has 1 atom stereocenters. The number of hydrogen-bond donors (Lipinski definition) is 2. The zero-order valence-corrected chi connectivity index (χ0v) is 12.8. The summed E-state index contributed by atoms with van der Waals surface area (Å²) in [5, 5.41) is 23.0. The summed E-state index contributed by atoms with van der Waals surface area (Å²) in [6, 6.07) is 0.723. The van der Waals surface area contributed by atoms with Crippen LogP contribution in [0.3, 0.4) is 0 Å².